The number of amides is 1. The summed E-state index contributed by atoms with van der Waals surface area (Å²) in [6, 6.07) is 4.35. The molecule has 0 unspecified atom stereocenters. The van der Waals surface area contributed by atoms with Gasteiger partial charge in [0, 0.05) is 31.7 Å². The fourth-order valence-electron chi connectivity index (χ4n) is 1.68. The van der Waals surface area contributed by atoms with Crippen molar-refractivity contribution in [2.75, 3.05) is 26.2 Å². The minimum Gasteiger partial charge on any atom is -0.336 e. The minimum atomic E-state index is -0.350. The summed E-state index contributed by atoms with van der Waals surface area (Å²) < 4.78 is 13.3. The van der Waals surface area contributed by atoms with E-state index in [9.17, 15) is 9.18 Å². The van der Waals surface area contributed by atoms with Crippen LogP contribution in [0, 0.1) is 5.82 Å². The van der Waals surface area contributed by atoms with E-state index in [2.05, 4.69) is 21.2 Å². The third-order valence-electron chi connectivity index (χ3n) is 2.57. The maximum Gasteiger partial charge on any atom is 0.253 e. The zero-order valence-corrected chi connectivity index (χ0v) is 11.5. The number of halogens is 3. The first kappa shape index (κ1) is 14.4. The molecular formula is C11H13BrClFN2O. The number of piperazine rings is 1. The third-order valence-corrected chi connectivity index (χ3v) is 3.18. The van der Waals surface area contributed by atoms with E-state index in [1.165, 1.54) is 18.2 Å². The molecule has 1 amide bonds. The molecule has 0 aromatic heterocycles. The predicted octanol–water partition coefficient (Wildman–Crippen LogP) is 2.06. The highest BCUT2D eigenvalue weighted by molar-refractivity contribution is 9.10. The van der Waals surface area contributed by atoms with E-state index in [0.29, 0.717) is 23.1 Å². The van der Waals surface area contributed by atoms with Gasteiger partial charge in [0.15, 0.2) is 0 Å². The Morgan fingerprint density at radius 3 is 2.59 bits per heavy atom. The van der Waals surface area contributed by atoms with Crippen LogP contribution >= 0.6 is 28.3 Å². The third kappa shape index (κ3) is 3.40. The summed E-state index contributed by atoms with van der Waals surface area (Å²) >= 11 is 3.08. The SMILES string of the molecule is Cl.O=C(c1ccc(F)c(Br)c1)N1CCNCC1. The van der Waals surface area contributed by atoms with E-state index in [-0.39, 0.29) is 24.1 Å². The maximum atomic E-state index is 13.0. The van der Waals surface area contributed by atoms with Gasteiger partial charge in [0.2, 0.25) is 0 Å². The lowest BCUT2D eigenvalue weighted by Crippen LogP contribution is -2.46. The van der Waals surface area contributed by atoms with E-state index < -0.39 is 0 Å². The van der Waals surface area contributed by atoms with Gasteiger partial charge in [-0.3, -0.25) is 4.79 Å². The fourth-order valence-corrected chi connectivity index (χ4v) is 2.06. The highest BCUT2D eigenvalue weighted by Crippen LogP contribution is 2.18. The monoisotopic (exact) mass is 322 g/mol. The smallest absolute Gasteiger partial charge is 0.253 e. The largest absolute Gasteiger partial charge is 0.336 e. The first-order valence-corrected chi connectivity index (χ1v) is 5.93. The molecule has 1 aliphatic rings. The van der Waals surface area contributed by atoms with Gasteiger partial charge in [-0.15, -0.1) is 12.4 Å². The summed E-state index contributed by atoms with van der Waals surface area (Å²) in [5, 5.41) is 3.18. The minimum absolute atomic E-state index is 0. The van der Waals surface area contributed by atoms with Crippen LogP contribution in [-0.2, 0) is 0 Å². The average Bonchev–Trinajstić information content (AvgIpc) is 2.33. The molecule has 0 radical (unpaired) electrons. The molecule has 17 heavy (non-hydrogen) atoms. The standard InChI is InChI=1S/C11H12BrFN2O.ClH/c12-9-7-8(1-2-10(9)13)11(16)15-5-3-14-4-6-15;/h1-2,7,14H,3-6H2;1H. The molecule has 1 aliphatic heterocycles. The number of hydrogen-bond acceptors (Lipinski definition) is 2. The Bertz CT molecular complexity index is 410. The lowest BCUT2D eigenvalue weighted by Gasteiger charge is -2.27. The van der Waals surface area contributed by atoms with Gasteiger partial charge < -0.3 is 10.2 Å². The summed E-state index contributed by atoms with van der Waals surface area (Å²) in [5.74, 6) is -0.390. The normalized spacial score (nSPS) is 15.3. The number of benzene rings is 1. The molecule has 1 aromatic carbocycles. The van der Waals surface area contributed by atoms with Gasteiger partial charge in [-0.2, -0.15) is 0 Å². The number of rotatable bonds is 1. The van der Waals surface area contributed by atoms with E-state index in [4.69, 9.17) is 0 Å². The van der Waals surface area contributed by atoms with Crippen LogP contribution in [0.25, 0.3) is 0 Å². The first-order chi connectivity index (χ1) is 7.68. The van der Waals surface area contributed by atoms with Crippen LogP contribution in [0.2, 0.25) is 0 Å². The molecule has 2 rings (SSSR count). The Morgan fingerprint density at radius 1 is 1.35 bits per heavy atom. The Labute approximate surface area is 114 Å². The van der Waals surface area contributed by atoms with Crippen molar-refractivity contribution < 1.29 is 9.18 Å². The van der Waals surface area contributed by atoms with Crippen LogP contribution in [0.1, 0.15) is 10.4 Å². The molecule has 6 heteroatoms. The second kappa shape index (κ2) is 6.33. The molecule has 94 valence electrons. The van der Waals surface area contributed by atoms with Crippen LogP contribution < -0.4 is 5.32 Å². The van der Waals surface area contributed by atoms with Crippen molar-refractivity contribution in [1.82, 2.24) is 10.2 Å². The van der Waals surface area contributed by atoms with Gasteiger partial charge in [0.25, 0.3) is 5.91 Å². The highest BCUT2D eigenvalue weighted by Gasteiger charge is 2.18. The van der Waals surface area contributed by atoms with Gasteiger partial charge in [-0.1, -0.05) is 0 Å². The second-order valence-electron chi connectivity index (χ2n) is 3.67. The van der Waals surface area contributed by atoms with Crippen molar-refractivity contribution in [3.63, 3.8) is 0 Å². The van der Waals surface area contributed by atoms with E-state index in [1.54, 1.807) is 4.90 Å². The Morgan fingerprint density at radius 2 is 2.00 bits per heavy atom. The van der Waals surface area contributed by atoms with Crippen molar-refractivity contribution >= 4 is 34.2 Å². The summed E-state index contributed by atoms with van der Waals surface area (Å²) in [4.78, 5) is 13.8. The highest BCUT2D eigenvalue weighted by atomic mass is 79.9. The molecule has 1 N–H and O–H groups in total. The molecule has 1 heterocycles. The molecule has 0 aliphatic carbocycles. The zero-order chi connectivity index (χ0) is 11.5. The summed E-state index contributed by atoms with van der Waals surface area (Å²) in [6.45, 7) is 3.03. The molecule has 0 spiro atoms. The van der Waals surface area contributed by atoms with Crippen molar-refractivity contribution in [3.8, 4) is 0 Å². The van der Waals surface area contributed by atoms with Gasteiger partial charge in [-0.25, -0.2) is 4.39 Å². The van der Waals surface area contributed by atoms with Crippen LogP contribution in [0.3, 0.4) is 0 Å². The summed E-state index contributed by atoms with van der Waals surface area (Å²) in [5.41, 5.74) is 0.523. The van der Waals surface area contributed by atoms with Crippen LogP contribution in [-0.4, -0.2) is 37.0 Å². The number of nitrogens with zero attached hydrogens (tertiary/aromatic N) is 1. The lowest BCUT2D eigenvalue weighted by molar-refractivity contribution is 0.0735. The zero-order valence-electron chi connectivity index (χ0n) is 9.08. The van der Waals surface area contributed by atoms with E-state index >= 15 is 0 Å². The van der Waals surface area contributed by atoms with Crippen LogP contribution in [0.4, 0.5) is 4.39 Å². The topological polar surface area (TPSA) is 32.3 Å². The first-order valence-electron chi connectivity index (χ1n) is 5.13. The Kier molecular flexibility index (Phi) is 5.36. The molecule has 3 nitrogen and oxygen atoms in total. The van der Waals surface area contributed by atoms with Gasteiger partial charge in [0.1, 0.15) is 5.82 Å². The Hall–Kier alpha value is -0.650. The second-order valence-corrected chi connectivity index (χ2v) is 4.53. The van der Waals surface area contributed by atoms with Crippen LogP contribution in [0.15, 0.2) is 22.7 Å². The average molecular weight is 324 g/mol. The van der Waals surface area contributed by atoms with Crippen molar-refractivity contribution in [2.45, 2.75) is 0 Å². The van der Waals surface area contributed by atoms with Gasteiger partial charge in [0.05, 0.1) is 4.47 Å². The molecule has 1 fully saturated rings. The molecule has 0 saturated carbocycles. The molecule has 1 saturated heterocycles. The Balaban J connectivity index is 0.00000144. The van der Waals surface area contributed by atoms with Crippen molar-refractivity contribution in [3.05, 3.63) is 34.1 Å². The number of hydrogen-bond donors (Lipinski definition) is 1. The quantitative estimate of drug-likeness (QED) is 0.858. The number of nitrogens with one attached hydrogen (secondary N) is 1. The predicted molar refractivity (Wildman–Crippen MR) is 70.1 cm³/mol. The van der Waals surface area contributed by atoms with E-state index in [1.807, 2.05) is 0 Å². The van der Waals surface area contributed by atoms with Gasteiger partial charge in [-0.05, 0) is 34.1 Å². The maximum absolute atomic E-state index is 13.0. The summed E-state index contributed by atoms with van der Waals surface area (Å²) in [6.07, 6.45) is 0. The van der Waals surface area contributed by atoms with Crippen LogP contribution in [0.5, 0.6) is 0 Å². The number of carbonyl (C=O) groups is 1. The van der Waals surface area contributed by atoms with E-state index in [0.717, 1.165) is 13.1 Å². The molecule has 0 bridgehead atoms. The van der Waals surface area contributed by atoms with Gasteiger partial charge >= 0.3 is 0 Å². The molecule has 1 aromatic rings. The van der Waals surface area contributed by atoms with Crippen molar-refractivity contribution in [2.24, 2.45) is 0 Å². The molecule has 0 atom stereocenters. The fraction of sp³-hybridized carbons (Fsp3) is 0.364. The van der Waals surface area contributed by atoms with Crippen molar-refractivity contribution in [1.29, 1.82) is 0 Å². The molecular weight excluding hydrogens is 310 g/mol. The number of carbonyl (C=O) groups excluding carboxylic acids is 1. The lowest BCUT2D eigenvalue weighted by atomic mass is 10.2. The summed E-state index contributed by atoms with van der Waals surface area (Å²) in [7, 11) is 0.